The van der Waals surface area contributed by atoms with Crippen molar-refractivity contribution in [3.05, 3.63) is 63.1 Å². The summed E-state index contributed by atoms with van der Waals surface area (Å²) in [4.78, 5) is 12.1. The molecule has 0 atom stereocenters. The number of amides is 2. The van der Waals surface area contributed by atoms with Crippen LogP contribution in [0.25, 0.3) is 0 Å². The second kappa shape index (κ2) is 8.92. The predicted molar refractivity (Wildman–Crippen MR) is 110 cm³/mol. The summed E-state index contributed by atoms with van der Waals surface area (Å²) in [6.07, 6.45) is 0. The van der Waals surface area contributed by atoms with Gasteiger partial charge in [0.05, 0.1) is 10.7 Å². The van der Waals surface area contributed by atoms with Gasteiger partial charge in [-0.05, 0) is 29.8 Å². The SMILES string of the molecule is O=C(Nc1nnc(SCc2ccccc2Cl)s1)Nc1ccc(Cl)cc1Cl. The Balaban J connectivity index is 1.56. The molecule has 2 N–H and O–H groups in total. The molecule has 5 nitrogen and oxygen atoms in total. The summed E-state index contributed by atoms with van der Waals surface area (Å²) in [5.74, 6) is 0.668. The quantitative estimate of drug-likeness (QED) is 0.350. The number of aromatic nitrogens is 2. The van der Waals surface area contributed by atoms with E-state index >= 15 is 0 Å². The number of hydrogen-bond donors (Lipinski definition) is 2. The first-order valence-electron chi connectivity index (χ1n) is 7.24. The minimum atomic E-state index is -0.465. The molecule has 0 aliphatic carbocycles. The lowest BCUT2D eigenvalue weighted by Crippen LogP contribution is -2.19. The van der Waals surface area contributed by atoms with Gasteiger partial charge in [0.25, 0.3) is 0 Å². The van der Waals surface area contributed by atoms with Crippen molar-refractivity contribution in [2.75, 3.05) is 10.6 Å². The Hall–Kier alpha value is -1.51. The van der Waals surface area contributed by atoms with E-state index in [4.69, 9.17) is 34.8 Å². The summed E-state index contributed by atoms with van der Waals surface area (Å²) in [6.45, 7) is 0. The van der Waals surface area contributed by atoms with Crippen LogP contribution >= 0.6 is 57.9 Å². The Labute approximate surface area is 173 Å². The summed E-state index contributed by atoms with van der Waals surface area (Å²) in [6, 6.07) is 12.0. The van der Waals surface area contributed by atoms with E-state index in [1.54, 1.807) is 18.2 Å². The summed E-state index contributed by atoms with van der Waals surface area (Å²) in [5, 5.41) is 15.2. The van der Waals surface area contributed by atoms with Crippen molar-refractivity contribution in [2.24, 2.45) is 0 Å². The van der Waals surface area contributed by atoms with Gasteiger partial charge in [0, 0.05) is 15.8 Å². The molecule has 0 saturated heterocycles. The highest BCUT2D eigenvalue weighted by atomic mass is 35.5. The first kappa shape index (κ1) is 19.3. The van der Waals surface area contributed by atoms with Gasteiger partial charge < -0.3 is 5.32 Å². The Morgan fingerprint density at radius 3 is 2.62 bits per heavy atom. The van der Waals surface area contributed by atoms with Crippen molar-refractivity contribution in [1.29, 1.82) is 0 Å². The lowest BCUT2D eigenvalue weighted by atomic mass is 10.2. The average molecular weight is 446 g/mol. The van der Waals surface area contributed by atoms with Crippen molar-refractivity contribution in [1.82, 2.24) is 10.2 Å². The average Bonchev–Trinajstić information content (AvgIpc) is 3.04. The maximum atomic E-state index is 12.1. The third-order valence-electron chi connectivity index (χ3n) is 3.12. The molecule has 0 spiro atoms. The standard InChI is InChI=1S/C16H11Cl3N4OS2/c17-10-5-6-13(12(19)7-10)20-14(24)21-15-22-23-16(26-15)25-8-9-3-1-2-4-11(9)18/h1-7H,8H2,(H2,20,21,22,24). The molecule has 0 aliphatic rings. The number of carbonyl (C=O) groups excluding carboxylic acids is 1. The van der Waals surface area contributed by atoms with Crippen LogP contribution in [0.3, 0.4) is 0 Å². The second-order valence-corrected chi connectivity index (χ2v) is 8.41. The summed E-state index contributed by atoms with van der Waals surface area (Å²) < 4.78 is 0.727. The number of carbonyl (C=O) groups is 1. The smallest absolute Gasteiger partial charge is 0.306 e. The van der Waals surface area contributed by atoms with Gasteiger partial charge >= 0.3 is 6.03 Å². The number of anilines is 2. The van der Waals surface area contributed by atoms with Crippen LogP contribution in [-0.4, -0.2) is 16.2 Å². The van der Waals surface area contributed by atoms with Crippen LogP contribution in [0.5, 0.6) is 0 Å². The molecule has 3 aromatic rings. The van der Waals surface area contributed by atoms with Crippen LogP contribution < -0.4 is 10.6 Å². The molecular formula is C16H11Cl3N4OS2. The topological polar surface area (TPSA) is 66.9 Å². The van der Waals surface area contributed by atoms with E-state index in [2.05, 4.69) is 20.8 Å². The molecule has 0 saturated carbocycles. The van der Waals surface area contributed by atoms with Gasteiger partial charge in [0.2, 0.25) is 5.13 Å². The minimum absolute atomic E-state index is 0.348. The molecule has 0 radical (unpaired) electrons. The normalized spacial score (nSPS) is 10.6. The molecule has 2 amide bonds. The van der Waals surface area contributed by atoms with Gasteiger partial charge in [0.1, 0.15) is 0 Å². The number of rotatable bonds is 5. The molecule has 2 aromatic carbocycles. The van der Waals surface area contributed by atoms with E-state index in [9.17, 15) is 4.79 Å². The lowest BCUT2D eigenvalue weighted by molar-refractivity contribution is 0.262. The van der Waals surface area contributed by atoms with Gasteiger partial charge in [0.15, 0.2) is 4.34 Å². The molecule has 0 aliphatic heterocycles. The molecule has 3 rings (SSSR count). The molecule has 0 fully saturated rings. The highest BCUT2D eigenvalue weighted by Crippen LogP contribution is 2.30. The number of thioether (sulfide) groups is 1. The van der Waals surface area contributed by atoms with Crippen LogP contribution in [0.15, 0.2) is 46.8 Å². The monoisotopic (exact) mass is 444 g/mol. The van der Waals surface area contributed by atoms with Gasteiger partial charge in [-0.2, -0.15) is 0 Å². The minimum Gasteiger partial charge on any atom is -0.306 e. The van der Waals surface area contributed by atoms with Crippen molar-refractivity contribution < 1.29 is 4.79 Å². The first-order chi connectivity index (χ1) is 12.5. The fourth-order valence-corrected chi connectivity index (χ4v) is 4.40. The van der Waals surface area contributed by atoms with Gasteiger partial charge in [-0.15, -0.1) is 10.2 Å². The number of benzene rings is 2. The van der Waals surface area contributed by atoms with Crippen molar-refractivity contribution >= 4 is 74.8 Å². The zero-order valence-electron chi connectivity index (χ0n) is 13.0. The van der Waals surface area contributed by atoms with Crippen LogP contribution in [0.1, 0.15) is 5.56 Å². The van der Waals surface area contributed by atoms with E-state index in [1.165, 1.54) is 23.1 Å². The molecule has 134 valence electrons. The summed E-state index contributed by atoms with van der Waals surface area (Å²) in [5.41, 5.74) is 1.46. The van der Waals surface area contributed by atoms with Gasteiger partial charge in [-0.3, -0.25) is 5.32 Å². The number of halogens is 3. The third-order valence-corrected chi connectivity index (χ3v) is 6.05. The van der Waals surface area contributed by atoms with Crippen LogP contribution in [0.2, 0.25) is 15.1 Å². The number of urea groups is 1. The van der Waals surface area contributed by atoms with E-state index in [1.807, 2.05) is 24.3 Å². The summed E-state index contributed by atoms with van der Waals surface area (Å²) in [7, 11) is 0. The van der Waals surface area contributed by atoms with Gasteiger partial charge in [-0.25, -0.2) is 4.79 Å². The second-order valence-electron chi connectivity index (χ2n) is 4.96. The Bertz CT molecular complexity index is 935. The third kappa shape index (κ3) is 5.25. The van der Waals surface area contributed by atoms with Crippen molar-refractivity contribution in [3.63, 3.8) is 0 Å². The Morgan fingerprint density at radius 2 is 1.85 bits per heavy atom. The molecule has 10 heteroatoms. The van der Waals surface area contributed by atoms with Crippen LogP contribution in [0.4, 0.5) is 15.6 Å². The van der Waals surface area contributed by atoms with E-state index in [-0.39, 0.29) is 0 Å². The van der Waals surface area contributed by atoms with Crippen molar-refractivity contribution in [3.8, 4) is 0 Å². The van der Waals surface area contributed by atoms with E-state index in [0.29, 0.717) is 31.6 Å². The Kier molecular flexibility index (Phi) is 6.61. The highest BCUT2D eigenvalue weighted by Gasteiger charge is 2.11. The first-order valence-corrected chi connectivity index (χ1v) is 10.2. The number of nitrogens with one attached hydrogen (secondary N) is 2. The maximum absolute atomic E-state index is 12.1. The number of hydrogen-bond acceptors (Lipinski definition) is 5. The molecule has 0 bridgehead atoms. The van der Waals surface area contributed by atoms with E-state index in [0.717, 1.165) is 9.90 Å². The zero-order valence-corrected chi connectivity index (χ0v) is 16.9. The van der Waals surface area contributed by atoms with Crippen LogP contribution in [0, 0.1) is 0 Å². The molecule has 1 aromatic heterocycles. The molecule has 26 heavy (non-hydrogen) atoms. The zero-order chi connectivity index (χ0) is 18.5. The molecular weight excluding hydrogens is 435 g/mol. The van der Waals surface area contributed by atoms with Crippen LogP contribution in [-0.2, 0) is 5.75 Å². The van der Waals surface area contributed by atoms with Gasteiger partial charge in [-0.1, -0.05) is 76.1 Å². The predicted octanol–water partition coefficient (Wildman–Crippen LogP) is 6.43. The Morgan fingerprint density at radius 1 is 1.04 bits per heavy atom. The molecule has 0 unspecified atom stereocenters. The fourth-order valence-electron chi connectivity index (χ4n) is 1.92. The lowest BCUT2D eigenvalue weighted by Gasteiger charge is -2.07. The maximum Gasteiger partial charge on any atom is 0.325 e. The fraction of sp³-hybridized carbons (Fsp3) is 0.0625. The van der Waals surface area contributed by atoms with E-state index < -0.39 is 6.03 Å². The largest absolute Gasteiger partial charge is 0.325 e. The summed E-state index contributed by atoms with van der Waals surface area (Å²) >= 11 is 20.8. The highest BCUT2D eigenvalue weighted by molar-refractivity contribution is 8.00. The number of nitrogens with zero attached hydrogens (tertiary/aromatic N) is 2. The van der Waals surface area contributed by atoms with Crippen molar-refractivity contribution in [2.45, 2.75) is 10.1 Å². The molecule has 1 heterocycles.